The Labute approximate surface area is 156 Å². The molecule has 1 unspecified atom stereocenters. The Balaban J connectivity index is 1.59. The van der Waals surface area contributed by atoms with Gasteiger partial charge in [-0.2, -0.15) is 0 Å². The molecule has 1 spiro atoms. The molecule has 0 radical (unpaired) electrons. The Hall–Kier alpha value is -2.92. The lowest BCUT2D eigenvalue weighted by molar-refractivity contribution is -0.148. The summed E-state index contributed by atoms with van der Waals surface area (Å²) in [5, 5.41) is 9.67. The number of fused-ring (bicyclic) bond motifs is 1. The Bertz CT molecular complexity index is 886. The first-order valence-electron chi connectivity index (χ1n) is 9.11. The molecule has 5 nitrogen and oxygen atoms in total. The molecule has 5 heteroatoms. The quantitative estimate of drug-likeness (QED) is 0.850. The molecule has 3 aliphatic heterocycles. The third-order valence-corrected chi connectivity index (χ3v) is 5.96. The average Bonchev–Trinajstić information content (AvgIpc) is 3.32. The smallest absolute Gasteiger partial charge is 0.310 e. The molecule has 2 fully saturated rings. The van der Waals surface area contributed by atoms with E-state index < -0.39 is 29.5 Å². The number of rotatable bonds is 4. The van der Waals surface area contributed by atoms with Gasteiger partial charge in [-0.05, 0) is 11.1 Å². The zero-order valence-corrected chi connectivity index (χ0v) is 14.6. The molecule has 5 rings (SSSR count). The molecule has 2 aromatic rings. The number of benzene rings is 2. The molecule has 3 heterocycles. The van der Waals surface area contributed by atoms with Crippen LogP contribution in [0.25, 0.3) is 0 Å². The van der Waals surface area contributed by atoms with Crippen molar-refractivity contribution in [3.05, 3.63) is 83.9 Å². The molecule has 3 aliphatic rings. The number of carboxylic acids is 1. The number of likely N-dealkylation sites (tertiary alicyclic amines) is 1. The largest absolute Gasteiger partial charge is 0.481 e. The van der Waals surface area contributed by atoms with Gasteiger partial charge in [0.1, 0.15) is 11.5 Å². The van der Waals surface area contributed by atoms with Gasteiger partial charge in [-0.1, -0.05) is 72.8 Å². The minimum absolute atomic E-state index is 0.146. The van der Waals surface area contributed by atoms with Gasteiger partial charge in [-0.25, -0.2) is 0 Å². The lowest BCUT2D eigenvalue weighted by Gasteiger charge is -2.31. The van der Waals surface area contributed by atoms with Crippen LogP contribution in [0.15, 0.2) is 72.8 Å². The number of carbonyl (C=O) groups excluding carboxylic acids is 1. The van der Waals surface area contributed by atoms with Gasteiger partial charge in [-0.3, -0.25) is 9.59 Å². The summed E-state index contributed by atoms with van der Waals surface area (Å²) < 4.78 is 6.03. The molecule has 1 amide bonds. The van der Waals surface area contributed by atoms with Crippen LogP contribution < -0.4 is 0 Å². The van der Waals surface area contributed by atoms with Crippen molar-refractivity contribution in [1.29, 1.82) is 0 Å². The van der Waals surface area contributed by atoms with Crippen LogP contribution in [0.4, 0.5) is 0 Å². The van der Waals surface area contributed by atoms with E-state index in [1.54, 1.807) is 11.0 Å². The Morgan fingerprint density at radius 2 is 1.67 bits per heavy atom. The van der Waals surface area contributed by atoms with Gasteiger partial charge in [0.15, 0.2) is 0 Å². The van der Waals surface area contributed by atoms with Crippen LogP contribution in [-0.2, 0) is 14.3 Å². The van der Waals surface area contributed by atoms with Crippen LogP contribution in [0.5, 0.6) is 0 Å². The minimum atomic E-state index is -0.970. The van der Waals surface area contributed by atoms with E-state index in [4.69, 9.17) is 4.74 Å². The molecule has 2 saturated heterocycles. The highest BCUT2D eigenvalue weighted by molar-refractivity contribution is 5.91. The fourth-order valence-electron chi connectivity index (χ4n) is 4.85. The van der Waals surface area contributed by atoms with Crippen molar-refractivity contribution in [3.63, 3.8) is 0 Å². The second kappa shape index (κ2) is 5.79. The van der Waals surface area contributed by atoms with E-state index in [1.807, 2.05) is 66.7 Å². The van der Waals surface area contributed by atoms with Gasteiger partial charge < -0.3 is 14.7 Å². The van der Waals surface area contributed by atoms with Gasteiger partial charge in [0.2, 0.25) is 5.91 Å². The van der Waals surface area contributed by atoms with Crippen molar-refractivity contribution in [1.82, 2.24) is 4.90 Å². The first-order chi connectivity index (χ1) is 13.1. The first kappa shape index (κ1) is 16.3. The molecular formula is C22H19NO4. The number of hydrogen-bond acceptors (Lipinski definition) is 3. The number of hydrogen-bond donors (Lipinski definition) is 1. The van der Waals surface area contributed by atoms with Crippen molar-refractivity contribution in [3.8, 4) is 0 Å². The van der Waals surface area contributed by atoms with Crippen LogP contribution in [0.3, 0.4) is 0 Å². The van der Waals surface area contributed by atoms with E-state index in [0.717, 1.165) is 11.1 Å². The van der Waals surface area contributed by atoms with Gasteiger partial charge in [0, 0.05) is 0 Å². The molecule has 0 aliphatic carbocycles. The summed E-state index contributed by atoms with van der Waals surface area (Å²) in [6.45, 7) is 0.363. The van der Waals surface area contributed by atoms with E-state index in [1.165, 1.54) is 0 Å². The van der Waals surface area contributed by atoms with Crippen molar-refractivity contribution in [2.75, 3.05) is 6.54 Å². The molecule has 0 aromatic heterocycles. The second-order valence-corrected chi connectivity index (χ2v) is 7.43. The predicted octanol–water partition coefficient (Wildman–Crippen LogP) is 2.64. The van der Waals surface area contributed by atoms with Gasteiger partial charge in [0.05, 0.1) is 24.6 Å². The molecule has 0 saturated carbocycles. The summed E-state index contributed by atoms with van der Waals surface area (Å²) in [7, 11) is 0. The Morgan fingerprint density at radius 3 is 2.22 bits per heavy atom. The number of ether oxygens (including phenoxy) is 1. The van der Waals surface area contributed by atoms with Crippen molar-refractivity contribution in [2.24, 2.45) is 11.8 Å². The maximum atomic E-state index is 13.4. The molecular weight excluding hydrogens is 342 g/mol. The van der Waals surface area contributed by atoms with Crippen molar-refractivity contribution < 1.29 is 19.4 Å². The number of amides is 1. The van der Waals surface area contributed by atoms with Crippen LogP contribution in [0, 0.1) is 11.8 Å². The van der Waals surface area contributed by atoms with Crippen molar-refractivity contribution >= 4 is 11.9 Å². The SMILES string of the molecule is O=C(O)C1[C@H]2C(=O)N(C(c3ccccc3)c3ccccc3)C[C@]23C=C[C@H]1O3. The van der Waals surface area contributed by atoms with Crippen molar-refractivity contribution in [2.45, 2.75) is 17.7 Å². The number of carboxylic acid groups (broad SMARTS) is 1. The average molecular weight is 361 g/mol. The van der Waals surface area contributed by atoms with E-state index in [-0.39, 0.29) is 11.9 Å². The fraction of sp³-hybridized carbons (Fsp3) is 0.273. The number of nitrogens with zero attached hydrogens (tertiary/aromatic N) is 1. The predicted molar refractivity (Wildman–Crippen MR) is 97.8 cm³/mol. The van der Waals surface area contributed by atoms with E-state index in [0.29, 0.717) is 6.54 Å². The molecule has 27 heavy (non-hydrogen) atoms. The lowest BCUT2D eigenvalue weighted by Crippen LogP contribution is -2.39. The van der Waals surface area contributed by atoms with Crippen LogP contribution in [0.2, 0.25) is 0 Å². The van der Waals surface area contributed by atoms with E-state index in [9.17, 15) is 14.7 Å². The standard InChI is InChI=1S/C22H19NO4/c24-20-18-17(21(25)26)16-11-12-22(18,27-16)13-23(20)19(14-7-3-1-4-8-14)15-9-5-2-6-10-15/h1-12,16-19H,13H2,(H,25,26)/t16-,17?,18+,22-/m1/s1. The first-order valence-corrected chi connectivity index (χ1v) is 9.11. The summed E-state index contributed by atoms with van der Waals surface area (Å²) in [5.74, 6) is -2.60. The number of aliphatic carboxylic acids is 1. The summed E-state index contributed by atoms with van der Waals surface area (Å²) >= 11 is 0. The highest BCUT2D eigenvalue weighted by Gasteiger charge is 2.67. The van der Waals surface area contributed by atoms with Crippen LogP contribution in [-0.4, -0.2) is 40.1 Å². The third kappa shape index (κ3) is 2.28. The zero-order valence-electron chi connectivity index (χ0n) is 14.6. The molecule has 1 N–H and O–H groups in total. The summed E-state index contributed by atoms with van der Waals surface area (Å²) in [6, 6.07) is 19.4. The minimum Gasteiger partial charge on any atom is -0.481 e. The van der Waals surface area contributed by atoms with Crippen LogP contribution >= 0.6 is 0 Å². The summed E-state index contributed by atoms with van der Waals surface area (Å²) in [6.07, 6.45) is 3.18. The summed E-state index contributed by atoms with van der Waals surface area (Å²) in [5.41, 5.74) is 1.17. The highest BCUT2D eigenvalue weighted by Crippen LogP contribution is 2.53. The third-order valence-electron chi connectivity index (χ3n) is 5.96. The Morgan fingerprint density at radius 1 is 1.07 bits per heavy atom. The fourth-order valence-corrected chi connectivity index (χ4v) is 4.85. The van der Waals surface area contributed by atoms with Gasteiger partial charge in [0.25, 0.3) is 0 Å². The molecule has 2 aromatic carbocycles. The molecule has 136 valence electrons. The van der Waals surface area contributed by atoms with E-state index in [2.05, 4.69) is 0 Å². The maximum absolute atomic E-state index is 13.4. The molecule has 2 bridgehead atoms. The monoisotopic (exact) mass is 361 g/mol. The normalized spacial score (nSPS) is 30.9. The highest BCUT2D eigenvalue weighted by atomic mass is 16.5. The molecule has 4 atom stereocenters. The Kier molecular flexibility index (Phi) is 3.49. The number of carbonyl (C=O) groups is 2. The zero-order chi connectivity index (χ0) is 18.6. The summed E-state index contributed by atoms with van der Waals surface area (Å²) in [4.78, 5) is 27.0. The topological polar surface area (TPSA) is 66.8 Å². The van der Waals surface area contributed by atoms with Gasteiger partial charge in [-0.15, -0.1) is 0 Å². The van der Waals surface area contributed by atoms with Gasteiger partial charge >= 0.3 is 5.97 Å². The lowest BCUT2D eigenvalue weighted by atomic mass is 9.77. The maximum Gasteiger partial charge on any atom is 0.310 e. The van der Waals surface area contributed by atoms with E-state index >= 15 is 0 Å². The van der Waals surface area contributed by atoms with Crippen LogP contribution in [0.1, 0.15) is 17.2 Å². The second-order valence-electron chi connectivity index (χ2n) is 7.43.